The Labute approximate surface area is 159 Å². The summed E-state index contributed by atoms with van der Waals surface area (Å²) in [7, 11) is 1.63. The number of non-ortho nitro benzene ring substituents is 1. The second-order valence-corrected chi connectivity index (χ2v) is 5.95. The van der Waals surface area contributed by atoms with Crippen molar-refractivity contribution in [2.24, 2.45) is 0 Å². The molecule has 0 fully saturated rings. The Bertz CT molecular complexity index is 970. The van der Waals surface area contributed by atoms with Gasteiger partial charge in [-0.3, -0.25) is 14.9 Å². The van der Waals surface area contributed by atoms with Crippen molar-refractivity contribution in [2.75, 3.05) is 20.2 Å². The molecule has 2 aromatic carbocycles. The van der Waals surface area contributed by atoms with Gasteiger partial charge in [-0.25, -0.2) is 9.07 Å². The second kappa shape index (κ2) is 8.30. The number of amides is 1. The number of nitro benzene ring substituents is 1. The Morgan fingerprint density at radius 2 is 1.86 bits per heavy atom. The summed E-state index contributed by atoms with van der Waals surface area (Å²) >= 11 is 0. The van der Waals surface area contributed by atoms with E-state index < -0.39 is 4.92 Å². The average Bonchev–Trinajstić information content (AvgIpc) is 3.19. The highest BCUT2D eigenvalue weighted by atomic mass is 19.1. The first kappa shape index (κ1) is 19.0. The summed E-state index contributed by atoms with van der Waals surface area (Å²) in [6, 6.07) is 13.1. The Hall–Kier alpha value is -3.75. The SMILES string of the molecule is CN(CCOc1ccc(F)cc1)C(=O)c1ccn(-c2ccc([N+](=O)[O-])cc2)n1. The molecule has 1 amide bonds. The molecule has 0 radical (unpaired) electrons. The molecule has 0 aliphatic heterocycles. The lowest BCUT2D eigenvalue weighted by molar-refractivity contribution is -0.384. The number of nitro groups is 1. The van der Waals surface area contributed by atoms with Crippen LogP contribution in [0.25, 0.3) is 5.69 Å². The third kappa shape index (κ3) is 4.50. The summed E-state index contributed by atoms with van der Waals surface area (Å²) in [5.41, 5.74) is 0.822. The van der Waals surface area contributed by atoms with E-state index in [0.29, 0.717) is 18.0 Å². The molecule has 0 spiro atoms. The molecule has 0 aliphatic carbocycles. The van der Waals surface area contributed by atoms with E-state index in [9.17, 15) is 19.3 Å². The van der Waals surface area contributed by atoms with Gasteiger partial charge in [-0.05, 0) is 42.5 Å². The highest BCUT2D eigenvalue weighted by Crippen LogP contribution is 2.15. The number of benzene rings is 2. The normalized spacial score (nSPS) is 10.5. The summed E-state index contributed by atoms with van der Waals surface area (Å²) in [6.45, 7) is 0.567. The van der Waals surface area contributed by atoms with E-state index in [1.807, 2.05) is 0 Å². The van der Waals surface area contributed by atoms with Crippen molar-refractivity contribution < 1.29 is 18.8 Å². The molecule has 8 nitrogen and oxygen atoms in total. The fourth-order valence-electron chi connectivity index (χ4n) is 2.44. The van der Waals surface area contributed by atoms with Crippen molar-refractivity contribution in [3.63, 3.8) is 0 Å². The number of carbonyl (C=O) groups is 1. The summed E-state index contributed by atoms with van der Waals surface area (Å²) < 4.78 is 19.8. The first-order chi connectivity index (χ1) is 13.4. The molecule has 0 N–H and O–H groups in total. The topological polar surface area (TPSA) is 90.5 Å². The van der Waals surface area contributed by atoms with E-state index in [1.54, 1.807) is 31.4 Å². The zero-order valence-electron chi connectivity index (χ0n) is 15.0. The van der Waals surface area contributed by atoms with Crippen molar-refractivity contribution in [1.82, 2.24) is 14.7 Å². The fourth-order valence-corrected chi connectivity index (χ4v) is 2.44. The Kier molecular flexibility index (Phi) is 5.64. The molecular formula is C19H17FN4O4. The molecular weight excluding hydrogens is 367 g/mol. The van der Waals surface area contributed by atoms with Crippen LogP contribution >= 0.6 is 0 Å². The van der Waals surface area contributed by atoms with Gasteiger partial charge < -0.3 is 9.64 Å². The second-order valence-electron chi connectivity index (χ2n) is 5.95. The minimum atomic E-state index is -0.481. The number of rotatable bonds is 7. The van der Waals surface area contributed by atoms with Crippen LogP contribution in [0.3, 0.4) is 0 Å². The van der Waals surface area contributed by atoms with Gasteiger partial charge in [0.15, 0.2) is 5.69 Å². The summed E-state index contributed by atoms with van der Waals surface area (Å²) in [6.07, 6.45) is 1.61. The van der Waals surface area contributed by atoms with Crippen molar-refractivity contribution in [2.45, 2.75) is 0 Å². The zero-order chi connectivity index (χ0) is 20.1. The van der Waals surface area contributed by atoms with Crippen LogP contribution in [0, 0.1) is 15.9 Å². The van der Waals surface area contributed by atoms with Crippen molar-refractivity contribution >= 4 is 11.6 Å². The summed E-state index contributed by atoms with van der Waals surface area (Å²) in [5.74, 6) is -0.115. The van der Waals surface area contributed by atoms with E-state index >= 15 is 0 Å². The quantitative estimate of drug-likeness (QED) is 0.461. The molecule has 0 bridgehead atoms. The van der Waals surface area contributed by atoms with Crippen LogP contribution in [0.4, 0.5) is 10.1 Å². The number of nitrogens with zero attached hydrogens (tertiary/aromatic N) is 4. The Morgan fingerprint density at radius 1 is 1.18 bits per heavy atom. The molecule has 0 unspecified atom stereocenters. The van der Waals surface area contributed by atoms with Gasteiger partial charge in [0.1, 0.15) is 18.2 Å². The van der Waals surface area contributed by atoms with Crippen molar-refractivity contribution in [3.8, 4) is 11.4 Å². The molecule has 3 aromatic rings. The number of hydrogen-bond donors (Lipinski definition) is 0. The largest absolute Gasteiger partial charge is 0.492 e. The van der Waals surface area contributed by atoms with Gasteiger partial charge in [0.25, 0.3) is 11.6 Å². The average molecular weight is 384 g/mol. The predicted molar refractivity (Wildman–Crippen MR) is 99.1 cm³/mol. The zero-order valence-corrected chi connectivity index (χ0v) is 15.0. The maximum Gasteiger partial charge on any atom is 0.274 e. The van der Waals surface area contributed by atoms with Crippen LogP contribution in [0.5, 0.6) is 5.75 Å². The highest BCUT2D eigenvalue weighted by molar-refractivity contribution is 5.92. The van der Waals surface area contributed by atoms with Crippen LogP contribution in [-0.2, 0) is 0 Å². The molecule has 0 aliphatic rings. The van der Waals surface area contributed by atoms with Crippen LogP contribution in [0.15, 0.2) is 60.8 Å². The maximum atomic E-state index is 12.9. The minimum absolute atomic E-state index is 0.0203. The number of carbonyl (C=O) groups excluding carboxylic acids is 1. The van der Waals surface area contributed by atoms with E-state index in [2.05, 4.69) is 5.10 Å². The van der Waals surface area contributed by atoms with E-state index in [1.165, 1.54) is 46.0 Å². The third-order valence-corrected chi connectivity index (χ3v) is 3.99. The number of halogens is 1. The monoisotopic (exact) mass is 384 g/mol. The first-order valence-electron chi connectivity index (χ1n) is 8.38. The fraction of sp³-hybridized carbons (Fsp3) is 0.158. The maximum absolute atomic E-state index is 12.9. The molecule has 0 atom stereocenters. The first-order valence-corrected chi connectivity index (χ1v) is 8.38. The molecule has 28 heavy (non-hydrogen) atoms. The number of ether oxygens (including phenoxy) is 1. The lowest BCUT2D eigenvalue weighted by Crippen LogP contribution is -2.31. The van der Waals surface area contributed by atoms with Crippen LogP contribution < -0.4 is 4.74 Å². The number of likely N-dealkylation sites (N-methyl/N-ethyl adjacent to an activating group) is 1. The molecule has 144 valence electrons. The number of hydrogen-bond acceptors (Lipinski definition) is 5. The minimum Gasteiger partial charge on any atom is -0.492 e. The van der Waals surface area contributed by atoms with Gasteiger partial charge in [-0.15, -0.1) is 0 Å². The predicted octanol–water partition coefficient (Wildman–Crippen LogP) is 3.07. The smallest absolute Gasteiger partial charge is 0.274 e. The highest BCUT2D eigenvalue weighted by Gasteiger charge is 2.15. The molecule has 0 saturated carbocycles. The van der Waals surface area contributed by atoms with Gasteiger partial charge >= 0.3 is 0 Å². The van der Waals surface area contributed by atoms with Gasteiger partial charge in [0, 0.05) is 25.4 Å². The lowest BCUT2D eigenvalue weighted by Gasteiger charge is -2.16. The van der Waals surface area contributed by atoms with Gasteiger partial charge in [-0.2, -0.15) is 5.10 Å². The molecule has 1 heterocycles. The van der Waals surface area contributed by atoms with E-state index in [0.717, 1.165) is 0 Å². The van der Waals surface area contributed by atoms with Gasteiger partial charge in [0.05, 0.1) is 17.2 Å². The van der Waals surface area contributed by atoms with E-state index in [-0.39, 0.29) is 29.7 Å². The molecule has 9 heteroatoms. The Balaban J connectivity index is 1.58. The van der Waals surface area contributed by atoms with Crippen molar-refractivity contribution in [1.29, 1.82) is 0 Å². The number of aromatic nitrogens is 2. The standard InChI is InChI=1S/C19H17FN4O4/c1-22(12-13-28-17-8-2-14(20)3-9-17)19(25)18-10-11-23(21-18)15-4-6-16(7-5-15)24(26)27/h2-11H,12-13H2,1H3. The van der Waals surface area contributed by atoms with E-state index in [4.69, 9.17) is 4.74 Å². The molecule has 3 rings (SSSR count). The lowest BCUT2D eigenvalue weighted by atomic mass is 10.3. The molecule has 1 aromatic heterocycles. The van der Waals surface area contributed by atoms with Crippen molar-refractivity contribution in [3.05, 3.63) is 82.4 Å². The van der Waals surface area contributed by atoms with Gasteiger partial charge in [-0.1, -0.05) is 0 Å². The summed E-state index contributed by atoms with van der Waals surface area (Å²) in [4.78, 5) is 24.2. The third-order valence-electron chi connectivity index (χ3n) is 3.99. The summed E-state index contributed by atoms with van der Waals surface area (Å²) in [5, 5.41) is 14.9. The molecule has 0 saturated heterocycles. The van der Waals surface area contributed by atoms with Crippen LogP contribution in [0.2, 0.25) is 0 Å². The Morgan fingerprint density at radius 3 is 2.50 bits per heavy atom. The van der Waals surface area contributed by atoms with Crippen LogP contribution in [0.1, 0.15) is 10.5 Å². The van der Waals surface area contributed by atoms with Gasteiger partial charge in [0.2, 0.25) is 0 Å². The van der Waals surface area contributed by atoms with Crippen LogP contribution in [-0.4, -0.2) is 45.7 Å².